The summed E-state index contributed by atoms with van der Waals surface area (Å²) in [7, 11) is 0. The van der Waals surface area contributed by atoms with Gasteiger partial charge in [0.25, 0.3) is 0 Å². The van der Waals surface area contributed by atoms with E-state index in [0.29, 0.717) is 5.92 Å². The summed E-state index contributed by atoms with van der Waals surface area (Å²) in [6.45, 7) is 10.6. The van der Waals surface area contributed by atoms with Crippen LogP contribution >= 0.6 is 0 Å². The van der Waals surface area contributed by atoms with Crippen molar-refractivity contribution in [1.29, 1.82) is 0 Å². The Bertz CT molecular complexity index is 355. The summed E-state index contributed by atoms with van der Waals surface area (Å²) in [5.41, 5.74) is 3.91. The number of hydrogen-bond donors (Lipinski definition) is 1. The van der Waals surface area contributed by atoms with Crippen LogP contribution in [0.25, 0.3) is 5.57 Å². The summed E-state index contributed by atoms with van der Waals surface area (Å²) in [6, 6.07) is 2.15. The van der Waals surface area contributed by atoms with Crippen LogP contribution in [0.2, 0.25) is 0 Å². The first-order valence-electron chi connectivity index (χ1n) is 6.18. The number of H-pyrrole nitrogens is 1. The quantitative estimate of drug-likeness (QED) is 0.671. The van der Waals surface area contributed by atoms with Crippen LogP contribution in [0.5, 0.6) is 0 Å². The first-order valence-corrected chi connectivity index (χ1v) is 6.18. The molecule has 0 aliphatic heterocycles. The van der Waals surface area contributed by atoms with E-state index in [2.05, 4.69) is 44.5 Å². The molecule has 0 amide bonds. The largest absolute Gasteiger partial charge is 0.364 e. The zero-order chi connectivity index (χ0) is 12.0. The number of aromatic amines is 1. The van der Waals surface area contributed by atoms with Gasteiger partial charge in [-0.15, -0.1) is 0 Å². The first-order chi connectivity index (χ1) is 7.69. The van der Waals surface area contributed by atoms with Crippen LogP contribution in [0.15, 0.2) is 31.0 Å². The fourth-order valence-electron chi connectivity index (χ4n) is 1.80. The van der Waals surface area contributed by atoms with E-state index in [1.54, 1.807) is 0 Å². The molecule has 88 valence electrons. The molecule has 1 rings (SSSR count). The zero-order valence-corrected chi connectivity index (χ0v) is 10.7. The second-order valence-corrected chi connectivity index (χ2v) is 4.61. The van der Waals surface area contributed by atoms with E-state index in [4.69, 9.17) is 0 Å². The van der Waals surface area contributed by atoms with Gasteiger partial charge in [0.15, 0.2) is 0 Å². The summed E-state index contributed by atoms with van der Waals surface area (Å²) in [5, 5.41) is 0. The fraction of sp³-hybridized carbons (Fsp3) is 0.467. The minimum Gasteiger partial charge on any atom is -0.364 e. The van der Waals surface area contributed by atoms with Gasteiger partial charge in [-0.1, -0.05) is 45.9 Å². The van der Waals surface area contributed by atoms with Gasteiger partial charge < -0.3 is 4.98 Å². The van der Waals surface area contributed by atoms with Gasteiger partial charge >= 0.3 is 0 Å². The summed E-state index contributed by atoms with van der Waals surface area (Å²) < 4.78 is 0. The van der Waals surface area contributed by atoms with Crippen molar-refractivity contribution < 1.29 is 0 Å². The Morgan fingerprint density at radius 2 is 2.25 bits per heavy atom. The Morgan fingerprint density at radius 1 is 1.50 bits per heavy atom. The maximum Gasteiger partial charge on any atom is 0.0226 e. The monoisotopic (exact) mass is 217 g/mol. The third-order valence-electron chi connectivity index (χ3n) is 2.67. The fourth-order valence-corrected chi connectivity index (χ4v) is 1.80. The second-order valence-electron chi connectivity index (χ2n) is 4.61. The third kappa shape index (κ3) is 3.41. The van der Waals surface area contributed by atoms with E-state index >= 15 is 0 Å². The molecule has 0 bridgehead atoms. The van der Waals surface area contributed by atoms with Gasteiger partial charge in [-0.25, -0.2) is 0 Å². The highest BCUT2D eigenvalue weighted by atomic mass is 14.7. The van der Waals surface area contributed by atoms with E-state index in [9.17, 15) is 0 Å². The van der Waals surface area contributed by atoms with E-state index in [-0.39, 0.29) is 0 Å². The van der Waals surface area contributed by atoms with Gasteiger partial charge in [-0.2, -0.15) is 0 Å². The minimum atomic E-state index is 0.698. The van der Waals surface area contributed by atoms with Gasteiger partial charge in [0.2, 0.25) is 0 Å². The summed E-state index contributed by atoms with van der Waals surface area (Å²) in [5.74, 6) is 0.698. The number of rotatable bonds is 6. The molecule has 0 aliphatic rings. The molecule has 0 radical (unpaired) electrons. The Hall–Kier alpha value is -1.24. The van der Waals surface area contributed by atoms with Crippen LogP contribution in [-0.2, 0) is 6.42 Å². The van der Waals surface area contributed by atoms with Crippen LogP contribution in [0.3, 0.4) is 0 Å². The Labute approximate surface area is 99.3 Å². The van der Waals surface area contributed by atoms with Gasteiger partial charge in [0.1, 0.15) is 0 Å². The molecule has 1 N–H and O–H groups in total. The summed E-state index contributed by atoms with van der Waals surface area (Å²) in [6.07, 6.45) is 9.66. The molecule has 1 heteroatoms. The van der Waals surface area contributed by atoms with Crippen molar-refractivity contribution >= 4 is 5.57 Å². The zero-order valence-electron chi connectivity index (χ0n) is 10.7. The molecule has 0 aromatic carbocycles. The van der Waals surface area contributed by atoms with Gasteiger partial charge in [-0.05, 0) is 30.4 Å². The molecule has 0 saturated heterocycles. The lowest BCUT2D eigenvalue weighted by atomic mass is 10.0. The lowest BCUT2D eigenvalue weighted by Crippen LogP contribution is -1.91. The maximum atomic E-state index is 3.91. The van der Waals surface area contributed by atoms with Gasteiger partial charge in [0.05, 0.1) is 0 Å². The molecule has 1 aromatic rings. The van der Waals surface area contributed by atoms with Gasteiger partial charge in [-0.3, -0.25) is 0 Å². The molecule has 0 atom stereocenters. The summed E-state index contributed by atoms with van der Waals surface area (Å²) in [4.78, 5) is 3.32. The van der Waals surface area contributed by atoms with Gasteiger partial charge in [0, 0.05) is 17.5 Å². The molecule has 1 heterocycles. The number of allylic oxidation sites excluding steroid dienone is 3. The standard InChI is InChI=1S/C15H23N/c1-5-7-15-14(10-11-16-15)13(6-2)9-8-12(3)4/h6,9-12,16H,2,5,7-8H2,1,3-4H3/b13-9+. The Morgan fingerprint density at radius 3 is 2.81 bits per heavy atom. The third-order valence-corrected chi connectivity index (χ3v) is 2.67. The Balaban J connectivity index is 2.90. The van der Waals surface area contributed by atoms with Crippen molar-refractivity contribution in [3.05, 3.63) is 42.3 Å². The van der Waals surface area contributed by atoms with Crippen molar-refractivity contribution in [1.82, 2.24) is 4.98 Å². The van der Waals surface area contributed by atoms with E-state index in [1.807, 2.05) is 12.3 Å². The minimum absolute atomic E-state index is 0.698. The van der Waals surface area contributed by atoms with Crippen molar-refractivity contribution in [3.8, 4) is 0 Å². The lowest BCUT2D eigenvalue weighted by Gasteiger charge is -2.06. The normalized spacial score (nSPS) is 12.1. The number of aryl methyl sites for hydroxylation is 1. The molecular weight excluding hydrogens is 194 g/mol. The van der Waals surface area contributed by atoms with Crippen LogP contribution in [0, 0.1) is 5.92 Å². The topological polar surface area (TPSA) is 15.8 Å². The van der Waals surface area contributed by atoms with Crippen LogP contribution in [0.4, 0.5) is 0 Å². The number of nitrogens with one attached hydrogen (secondary N) is 1. The highest BCUT2D eigenvalue weighted by Gasteiger charge is 2.05. The van der Waals surface area contributed by atoms with Crippen LogP contribution in [0.1, 0.15) is 44.9 Å². The first kappa shape index (κ1) is 12.8. The number of hydrogen-bond acceptors (Lipinski definition) is 0. The molecule has 0 fully saturated rings. The number of aromatic nitrogens is 1. The SMILES string of the molecule is C=C/C(=C\CC(C)C)c1cc[nH]c1CCC. The van der Waals surface area contributed by atoms with E-state index in [0.717, 1.165) is 12.8 Å². The lowest BCUT2D eigenvalue weighted by molar-refractivity contribution is 0.664. The molecule has 1 aromatic heterocycles. The summed E-state index contributed by atoms with van der Waals surface area (Å²) >= 11 is 0. The van der Waals surface area contributed by atoms with E-state index in [1.165, 1.54) is 23.3 Å². The second kappa shape index (κ2) is 6.37. The molecular formula is C15H23N. The smallest absolute Gasteiger partial charge is 0.0226 e. The predicted molar refractivity (Wildman–Crippen MR) is 72.4 cm³/mol. The molecule has 0 aliphatic carbocycles. The van der Waals surface area contributed by atoms with Crippen molar-refractivity contribution in [2.45, 2.75) is 40.0 Å². The molecule has 0 saturated carbocycles. The predicted octanol–water partition coefficient (Wildman–Crippen LogP) is 4.58. The van der Waals surface area contributed by atoms with Crippen LogP contribution in [-0.4, -0.2) is 4.98 Å². The van der Waals surface area contributed by atoms with Crippen LogP contribution < -0.4 is 0 Å². The maximum absolute atomic E-state index is 3.91. The molecule has 0 unspecified atom stereocenters. The average Bonchev–Trinajstić information content (AvgIpc) is 2.68. The molecule has 16 heavy (non-hydrogen) atoms. The highest BCUT2D eigenvalue weighted by Crippen LogP contribution is 2.22. The molecule has 1 nitrogen and oxygen atoms in total. The van der Waals surface area contributed by atoms with Crippen molar-refractivity contribution in [2.75, 3.05) is 0 Å². The Kier molecular flexibility index (Phi) is 5.10. The van der Waals surface area contributed by atoms with Crippen molar-refractivity contribution in [2.24, 2.45) is 5.92 Å². The highest BCUT2D eigenvalue weighted by molar-refractivity contribution is 5.75. The van der Waals surface area contributed by atoms with Crippen molar-refractivity contribution in [3.63, 3.8) is 0 Å². The average molecular weight is 217 g/mol. The van der Waals surface area contributed by atoms with E-state index < -0.39 is 0 Å². The molecule has 0 spiro atoms.